The van der Waals surface area contributed by atoms with Crippen molar-refractivity contribution in [3.63, 3.8) is 0 Å². The Hall–Kier alpha value is -0.750. The van der Waals surface area contributed by atoms with Gasteiger partial charge in [-0.2, -0.15) is 0 Å². The third-order valence-electron chi connectivity index (χ3n) is 3.81. The lowest BCUT2D eigenvalue weighted by Gasteiger charge is -2.31. The predicted molar refractivity (Wildman–Crippen MR) is 73.7 cm³/mol. The van der Waals surface area contributed by atoms with Crippen LogP contribution in [0.3, 0.4) is 0 Å². The summed E-state index contributed by atoms with van der Waals surface area (Å²) >= 11 is 4.43. The van der Waals surface area contributed by atoms with E-state index in [1.165, 1.54) is 23.9 Å². The van der Waals surface area contributed by atoms with Crippen LogP contribution < -0.4 is 0 Å². The molecule has 1 aliphatic heterocycles. The topological polar surface area (TPSA) is 29.4 Å². The van der Waals surface area contributed by atoms with E-state index in [1.807, 2.05) is 0 Å². The van der Waals surface area contributed by atoms with Gasteiger partial charge in [0.05, 0.1) is 4.75 Å². The summed E-state index contributed by atoms with van der Waals surface area (Å²) in [7, 11) is 0. The van der Waals surface area contributed by atoms with Gasteiger partial charge in [0.25, 0.3) is 0 Å². The van der Waals surface area contributed by atoms with E-state index in [0.29, 0.717) is 10.9 Å². The third kappa shape index (κ3) is 1.80. The molecule has 1 aromatic rings. The van der Waals surface area contributed by atoms with Crippen molar-refractivity contribution in [2.75, 3.05) is 6.67 Å². The summed E-state index contributed by atoms with van der Waals surface area (Å²) in [4.78, 5) is 15.3. The molecule has 0 saturated heterocycles. The zero-order valence-electron chi connectivity index (χ0n) is 9.70. The van der Waals surface area contributed by atoms with Crippen molar-refractivity contribution < 1.29 is 13.6 Å². The van der Waals surface area contributed by atoms with E-state index in [4.69, 9.17) is 0 Å². The first-order chi connectivity index (χ1) is 9.08. The summed E-state index contributed by atoms with van der Waals surface area (Å²) in [6.45, 7) is -0.839. The molecule has 0 aromatic heterocycles. The minimum absolute atomic E-state index is 0.186. The van der Waals surface area contributed by atoms with Gasteiger partial charge in [-0.3, -0.25) is 4.99 Å². The highest BCUT2D eigenvalue weighted by Gasteiger charge is 2.67. The average Bonchev–Trinajstić information content (AvgIpc) is 3.17. The molecule has 6 heteroatoms. The zero-order chi connectivity index (χ0) is 13.7. The molecule has 1 fully saturated rings. The minimum Gasteiger partial charge on any atom is -0.302 e. The Morgan fingerprint density at radius 3 is 3.11 bits per heavy atom. The van der Waals surface area contributed by atoms with Crippen LogP contribution in [-0.2, 0) is 10.3 Å². The highest BCUT2D eigenvalue weighted by Crippen LogP contribution is 2.64. The van der Waals surface area contributed by atoms with Gasteiger partial charge >= 0.3 is 0 Å². The molecule has 1 radical (unpaired) electrons. The second-order valence-corrected chi connectivity index (χ2v) is 6.88. The predicted octanol–water partition coefficient (Wildman–Crippen LogP) is 3.36. The maximum atomic E-state index is 14.0. The number of aldehydes is 1. The van der Waals surface area contributed by atoms with Crippen LogP contribution in [0.2, 0.25) is 0 Å². The normalized spacial score (nSPS) is 35.8. The minimum atomic E-state index is -1.32. The Kier molecular flexibility index (Phi) is 3.05. The van der Waals surface area contributed by atoms with Crippen molar-refractivity contribution in [1.29, 1.82) is 0 Å². The van der Waals surface area contributed by atoms with E-state index >= 15 is 0 Å². The molecule has 0 unspecified atom stereocenters. The second-order valence-electron chi connectivity index (χ2n) is 4.82. The molecule has 1 heterocycles. The molecular weight excluding hydrogens is 336 g/mol. The monoisotopic (exact) mass is 344 g/mol. The standard InChI is InChI=1S/C13H9BrF2NOS/c14-8-1-2-10(16)9(3-8)13(5-15)11-4-12(11,6-18)19-7-17-13/h1-3,6,11H,4-5H2/t11-,12-,13-/m1/s1. The highest BCUT2D eigenvalue weighted by molar-refractivity contribution is 9.10. The first kappa shape index (κ1) is 13.2. The Bertz CT molecular complexity index is 582. The van der Waals surface area contributed by atoms with Crippen LogP contribution in [0, 0.1) is 11.7 Å². The average molecular weight is 345 g/mol. The number of alkyl halides is 1. The fourth-order valence-electron chi connectivity index (χ4n) is 2.64. The second kappa shape index (κ2) is 4.38. The molecule has 1 saturated carbocycles. The number of hydrogen-bond donors (Lipinski definition) is 0. The summed E-state index contributed by atoms with van der Waals surface area (Å²) in [6.07, 6.45) is 1.32. The van der Waals surface area contributed by atoms with Crippen LogP contribution in [0.15, 0.2) is 27.7 Å². The summed E-state index contributed by atoms with van der Waals surface area (Å²) in [5.74, 6) is -0.817. The number of carbonyl (C=O) groups is 1. The van der Waals surface area contributed by atoms with Crippen LogP contribution in [0.1, 0.15) is 12.0 Å². The van der Waals surface area contributed by atoms with Crippen molar-refractivity contribution in [3.8, 4) is 0 Å². The molecule has 3 atom stereocenters. The molecule has 2 aliphatic rings. The molecule has 19 heavy (non-hydrogen) atoms. The van der Waals surface area contributed by atoms with Gasteiger partial charge in [-0.25, -0.2) is 8.78 Å². The van der Waals surface area contributed by atoms with Crippen molar-refractivity contribution in [2.45, 2.75) is 16.7 Å². The van der Waals surface area contributed by atoms with E-state index in [0.717, 1.165) is 6.29 Å². The van der Waals surface area contributed by atoms with Crippen molar-refractivity contribution in [1.82, 2.24) is 0 Å². The van der Waals surface area contributed by atoms with Gasteiger partial charge in [-0.05, 0) is 24.6 Å². The van der Waals surface area contributed by atoms with Gasteiger partial charge in [0, 0.05) is 16.0 Å². The van der Waals surface area contributed by atoms with E-state index in [9.17, 15) is 13.6 Å². The van der Waals surface area contributed by atoms with Gasteiger partial charge in [-0.1, -0.05) is 27.7 Å². The number of carbonyl (C=O) groups excluding carboxylic acids is 1. The third-order valence-corrected chi connectivity index (χ3v) is 5.41. The molecule has 1 aromatic carbocycles. The summed E-state index contributed by atoms with van der Waals surface area (Å²) in [5, 5.41) is 0. The Morgan fingerprint density at radius 2 is 2.42 bits per heavy atom. The maximum Gasteiger partial charge on any atom is 0.136 e. The maximum absolute atomic E-state index is 14.0. The van der Waals surface area contributed by atoms with Gasteiger partial charge in [0.1, 0.15) is 29.9 Å². The van der Waals surface area contributed by atoms with E-state index in [1.54, 1.807) is 6.07 Å². The quantitative estimate of drug-likeness (QED) is 0.787. The molecule has 3 rings (SSSR count). The van der Waals surface area contributed by atoms with Crippen molar-refractivity contribution in [2.24, 2.45) is 10.9 Å². The van der Waals surface area contributed by atoms with Crippen LogP contribution >= 0.6 is 27.7 Å². The Labute approximate surface area is 121 Å². The number of thioether (sulfide) groups is 1. The van der Waals surface area contributed by atoms with Crippen LogP contribution in [0.4, 0.5) is 8.78 Å². The van der Waals surface area contributed by atoms with Crippen molar-refractivity contribution >= 4 is 39.5 Å². The number of nitrogens with zero attached hydrogens (tertiary/aromatic N) is 1. The molecule has 2 nitrogen and oxygen atoms in total. The number of halogens is 3. The summed E-state index contributed by atoms with van der Waals surface area (Å²) in [6, 6.07) is 4.36. The van der Waals surface area contributed by atoms with E-state index < -0.39 is 22.8 Å². The van der Waals surface area contributed by atoms with E-state index in [-0.39, 0.29) is 11.5 Å². The number of hydrogen-bond acceptors (Lipinski definition) is 3. The largest absolute Gasteiger partial charge is 0.302 e. The molecule has 0 bridgehead atoms. The zero-order valence-corrected chi connectivity index (χ0v) is 12.1. The SMILES string of the molecule is O=C[C@]12C[C@H]1[C@@](CF)(c1cc(Br)ccc1F)N=[C]S2. The molecule has 0 amide bonds. The molecule has 99 valence electrons. The van der Waals surface area contributed by atoms with Crippen molar-refractivity contribution in [3.05, 3.63) is 34.1 Å². The number of benzene rings is 1. The molecule has 1 aliphatic carbocycles. The lowest BCUT2D eigenvalue weighted by Crippen LogP contribution is -2.36. The first-order valence-corrected chi connectivity index (χ1v) is 7.32. The molecule has 0 N–H and O–H groups in total. The molecule has 0 spiro atoms. The fraction of sp³-hybridized carbons (Fsp3) is 0.385. The van der Waals surface area contributed by atoms with Crippen LogP contribution in [-0.4, -0.2) is 23.3 Å². The lowest BCUT2D eigenvalue weighted by atomic mass is 9.85. The van der Waals surface area contributed by atoms with Gasteiger partial charge in [-0.15, -0.1) is 0 Å². The smallest absolute Gasteiger partial charge is 0.136 e. The number of rotatable bonds is 3. The van der Waals surface area contributed by atoms with Gasteiger partial charge in [0.15, 0.2) is 0 Å². The fourth-order valence-corrected chi connectivity index (χ4v) is 4.01. The Morgan fingerprint density at radius 1 is 1.63 bits per heavy atom. The van der Waals surface area contributed by atoms with Crippen LogP contribution in [0.25, 0.3) is 0 Å². The first-order valence-electron chi connectivity index (χ1n) is 5.71. The number of aliphatic imine (C=N–C) groups is 1. The highest BCUT2D eigenvalue weighted by atomic mass is 79.9. The van der Waals surface area contributed by atoms with Gasteiger partial charge < -0.3 is 4.79 Å². The van der Waals surface area contributed by atoms with E-state index in [2.05, 4.69) is 26.5 Å². The lowest BCUT2D eigenvalue weighted by molar-refractivity contribution is -0.108. The molecular formula is C13H9BrF2NOS. The summed E-state index contributed by atoms with van der Waals surface area (Å²) < 4.78 is 27.7. The number of fused-ring (bicyclic) bond motifs is 1. The summed E-state index contributed by atoms with van der Waals surface area (Å²) in [5.41, 5.74) is 1.51. The van der Waals surface area contributed by atoms with Gasteiger partial charge in [0.2, 0.25) is 0 Å². The Balaban J connectivity index is 2.14. The van der Waals surface area contributed by atoms with Crippen LogP contribution in [0.5, 0.6) is 0 Å².